The van der Waals surface area contributed by atoms with Crippen molar-refractivity contribution in [1.82, 2.24) is 9.97 Å². The van der Waals surface area contributed by atoms with E-state index in [4.69, 9.17) is 9.47 Å². The van der Waals surface area contributed by atoms with Gasteiger partial charge in [0.05, 0.1) is 30.2 Å². The molecule has 0 amide bonds. The minimum atomic E-state index is -0.853. The highest BCUT2D eigenvalue weighted by Gasteiger charge is 2.37. The number of nitrogens with zero attached hydrogens (tertiary/aromatic N) is 1. The number of nitrogens with one attached hydrogen (secondary N) is 1. The highest BCUT2D eigenvalue weighted by molar-refractivity contribution is 5.81. The van der Waals surface area contributed by atoms with E-state index in [0.29, 0.717) is 18.4 Å². The molecule has 0 aliphatic heterocycles. The van der Waals surface area contributed by atoms with Crippen LogP contribution in [0.2, 0.25) is 0 Å². The zero-order chi connectivity index (χ0) is 18.0. The van der Waals surface area contributed by atoms with E-state index in [-0.39, 0.29) is 6.61 Å². The van der Waals surface area contributed by atoms with E-state index >= 15 is 0 Å². The van der Waals surface area contributed by atoms with Gasteiger partial charge in [-0.2, -0.15) is 4.98 Å². The fraction of sp³-hybridized carbons (Fsp3) is 0.368. The fourth-order valence-electron chi connectivity index (χ4n) is 3.04. The molecule has 6 heteroatoms. The van der Waals surface area contributed by atoms with E-state index in [1.807, 2.05) is 45.1 Å². The van der Waals surface area contributed by atoms with Gasteiger partial charge in [-0.3, -0.25) is 4.79 Å². The number of carboxylic acids is 1. The number of hydrogen-bond donors (Lipinski definition) is 2. The largest absolute Gasteiger partial charge is 0.493 e. The standard InChI is InChI=1S/C19H22N2O4/c1-4-24-18-20-15-10-13(9-12(2)16(15)21-18)25-11-19(3)8-6-5-7-14(19)17(22)23/h5-10,14H,4,11H2,1-3H3,(H,20,21)(H,22,23). The Balaban J connectivity index is 1.82. The number of aryl methyl sites for hydroxylation is 1. The molecular formula is C19H22N2O4. The number of H-pyrrole nitrogens is 1. The van der Waals surface area contributed by atoms with Crippen molar-refractivity contribution < 1.29 is 19.4 Å². The van der Waals surface area contributed by atoms with Crippen molar-refractivity contribution in [3.8, 4) is 11.8 Å². The van der Waals surface area contributed by atoms with Gasteiger partial charge in [0, 0.05) is 11.5 Å². The third kappa shape index (κ3) is 3.38. The summed E-state index contributed by atoms with van der Waals surface area (Å²) in [6, 6.07) is 4.25. The Bertz CT molecular complexity index is 852. The van der Waals surface area contributed by atoms with Gasteiger partial charge in [-0.25, -0.2) is 0 Å². The number of carboxylic acid groups (broad SMARTS) is 1. The van der Waals surface area contributed by atoms with Crippen LogP contribution in [0.15, 0.2) is 36.4 Å². The molecule has 0 spiro atoms. The molecule has 2 unspecified atom stereocenters. The van der Waals surface area contributed by atoms with E-state index < -0.39 is 17.3 Å². The van der Waals surface area contributed by atoms with Crippen molar-refractivity contribution >= 4 is 17.0 Å². The molecule has 0 fully saturated rings. The van der Waals surface area contributed by atoms with Crippen LogP contribution in [-0.2, 0) is 4.79 Å². The Kier molecular flexibility index (Phi) is 4.53. The molecule has 25 heavy (non-hydrogen) atoms. The molecule has 2 atom stereocenters. The first kappa shape index (κ1) is 17.1. The Hall–Kier alpha value is -2.76. The van der Waals surface area contributed by atoms with Crippen LogP contribution in [-0.4, -0.2) is 34.3 Å². The second-order valence-electron chi connectivity index (χ2n) is 6.47. The molecule has 0 saturated carbocycles. The van der Waals surface area contributed by atoms with E-state index in [9.17, 15) is 9.90 Å². The number of allylic oxidation sites excluding steroid dienone is 2. The van der Waals surface area contributed by atoms with Crippen molar-refractivity contribution in [2.24, 2.45) is 11.3 Å². The third-order valence-electron chi connectivity index (χ3n) is 4.43. The predicted molar refractivity (Wildman–Crippen MR) is 95.0 cm³/mol. The molecular weight excluding hydrogens is 320 g/mol. The third-order valence-corrected chi connectivity index (χ3v) is 4.43. The van der Waals surface area contributed by atoms with Gasteiger partial charge in [0.2, 0.25) is 0 Å². The quantitative estimate of drug-likeness (QED) is 0.839. The average molecular weight is 342 g/mol. The first-order valence-corrected chi connectivity index (χ1v) is 8.28. The second-order valence-corrected chi connectivity index (χ2v) is 6.47. The molecule has 6 nitrogen and oxygen atoms in total. The van der Waals surface area contributed by atoms with Crippen LogP contribution in [0.5, 0.6) is 11.8 Å². The first-order chi connectivity index (χ1) is 11.9. The van der Waals surface area contributed by atoms with Gasteiger partial charge >= 0.3 is 5.97 Å². The molecule has 1 aromatic heterocycles. The summed E-state index contributed by atoms with van der Waals surface area (Å²) in [7, 11) is 0. The topological polar surface area (TPSA) is 84.4 Å². The number of carbonyl (C=O) groups is 1. The van der Waals surface area contributed by atoms with Gasteiger partial charge in [0.1, 0.15) is 5.75 Å². The van der Waals surface area contributed by atoms with Gasteiger partial charge in [-0.15, -0.1) is 0 Å². The summed E-state index contributed by atoms with van der Waals surface area (Å²) in [4.78, 5) is 19.0. The van der Waals surface area contributed by atoms with Gasteiger partial charge in [-0.1, -0.05) is 31.2 Å². The molecule has 1 heterocycles. The summed E-state index contributed by atoms with van der Waals surface area (Å²) in [5, 5.41) is 9.44. The van der Waals surface area contributed by atoms with Crippen LogP contribution in [0.3, 0.4) is 0 Å². The van der Waals surface area contributed by atoms with Gasteiger partial charge < -0.3 is 19.6 Å². The van der Waals surface area contributed by atoms with E-state index in [2.05, 4.69) is 9.97 Å². The molecule has 2 aromatic rings. The summed E-state index contributed by atoms with van der Waals surface area (Å²) < 4.78 is 11.4. The van der Waals surface area contributed by atoms with Gasteiger partial charge in [0.15, 0.2) is 0 Å². The maximum Gasteiger partial charge on any atom is 0.311 e. The van der Waals surface area contributed by atoms with Crippen LogP contribution >= 0.6 is 0 Å². The smallest absolute Gasteiger partial charge is 0.311 e. The van der Waals surface area contributed by atoms with Crippen molar-refractivity contribution in [1.29, 1.82) is 0 Å². The summed E-state index contributed by atoms with van der Waals surface area (Å²) in [6.45, 7) is 6.55. The van der Waals surface area contributed by atoms with Crippen molar-refractivity contribution in [2.75, 3.05) is 13.2 Å². The van der Waals surface area contributed by atoms with Gasteiger partial charge in [-0.05, 0) is 25.5 Å². The number of ether oxygens (including phenoxy) is 2. The number of aromatic nitrogens is 2. The number of imidazole rings is 1. The molecule has 0 radical (unpaired) electrons. The Labute approximate surface area is 146 Å². The molecule has 0 saturated heterocycles. The predicted octanol–water partition coefficient (Wildman–Crippen LogP) is 3.48. The number of aromatic amines is 1. The average Bonchev–Trinajstić information content (AvgIpc) is 2.97. The SMILES string of the molecule is CCOc1nc2c(C)cc(OCC3(C)C=CC=CC3C(=O)O)cc2[nH]1. The van der Waals surface area contributed by atoms with Crippen molar-refractivity contribution in [2.45, 2.75) is 20.8 Å². The zero-order valence-electron chi connectivity index (χ0n) is 14.6. The Morgan fingerprint density at radius 3 is 2.88 bits per heavy atom. The summed E-state index contributed by atoms with van der Waals surface area (Å²) in [6.07, 6.45) is 7.21. The number of aliphatic carboxylic acids is 1. The maximum atomic E-state index is 11.5. The number of hydrogen-bond acceptors (Lipinski definition) is 4. The molecule has 2 N–H and O–H groups in total. The fourth-order valence-corrected chi connectivity index (χ4v) is 3.04. The molecule has 1 aliphatic carbocycles. The highest BCUT2D eigenvalue weighted by atomic mass is 16.5. The number of rotatable bonds is 6. The van der Waals surface area contributed by atoms with E-state index in [1.165, 1.54) is 0 Å². The van der Waals surface area contributed by atoms with Crippen molar-refractivity contribution in [3.63, 3.8) is 0 Å². The lowest BCUT2D eigenvalue weighted by molar-refractivity contribution is -0.143. The minimum absolute atomic E-state index is 0.266. The molecule has 0 bridgehead atoms. The normalized spacial score (nSPS) is 22.3. The first-order valence-electron chi connectivity index (χ1n) is 8.28. The lowest BCUT2D eigenvalue weighted by atomic mass is 9.75. The Morgan fingerprint density at radius 1 is 1.36 bits per heavy atom. The molecule has 132 valence electrons. The zero-order valence-corrected chi connectivity index (χ0v) is 14.6. The lowest BCUT2D eigenvalue weighted by Gasteiger charge is -2.32. The summed E-state index contributed by atoms with van der Waals surface area (Å²) in [5.74, 6) is -0.794. The molecule has 1 aliphatic rings. The maximum absolute atomic E-state index is 11.5. The second kappa shape index (κ2) is 6.63. The molecule has 1 aromatic carbocycles. The van der Waals surface area contributed by atoms with Crippen LogP contribution in [0.4, 0.5) is 0 Å². The van der Waals surface area contributed by atoms with Crippen LogP contribution in [0.25, 0.3) is 11.0 Å². The minimum Gasteiger partial charge on any atom is -0.493 e. The Morgan fingerprint density at radius 2 is 2.16 bits per heavy atom. The lowest BCUT2D eigenvalue weighted by Crippen LogP contribution is -2.36. The van der Waals surface area contributed by atoms with Crippen LogP contribution < -0.4 is 9.47 Å². The number of benzene rings is 1. The molecule has 3 rings (SSSR count). The summed E-state index contributed by atoms with van der Waals surface area (Å²) in [5.41, 5.74) is 2.03. The van der Waals surface area contributed by atoms with Gasteiger partial charge in [0.25, 0.3) is 6.01 Å². The van der Waals surface area contributed by atoms with Crippen LogP contribution in [0.1, 0.15) is 19.4 Å². The van der Waals surface area contributed by atoms with Crippen molar-refractivity contribution in [3.05, 3.63) is 42.0 Å². The van der Waals surface area contributed by atoms with Crippen LogP contribution in [0, 0.1) is 18.3 Å². The van der Waals surface area contributed by atoms with E-state index in [0.717, 1.165) is 16.6 Å². The monoisotopic (exact) mass is 342 g/mol. The summed E-state index contributed by atoms with van der Waals surface area (Å²) >= 11 is 0. The van der Waals surface area contributed by atoms with E-state index in [1.54, 1.807) is 12.2 Å². The highest BCUT2D eigenvalue weighted by Crippen LogP contribution is 2.35. The number of fused-ring (bicyclic) bond motifs is 1.